The Kier molecular flexibility index (Phi) is 8.52. The normalized spacial score (nSPS) is 16.9. The van der Waals surface area contributed by atoms with E-state index in [9.17, 15) is 9.90 Å². The van der Waals surface area contributed by atoms with Crippen LogP contribution in [-0.4, -0.2) is 63.3 Å². The lowest BCUT2D eigenvalue weighted by Crippen LogP contribution is -2.40. The smallest absolute Gasteiger partial charge is 0.194 e. The highest BCUT2D eigenvalue weighted by Crippen LogP contribution is 2.30. The second-order valence-electron chi connectivity index (χ2n) is 6.42. The number of hydrogen-bond acceptors (Lipinski definition) is 6. The Morgan fingerprint density at radius 3 is 1.71 bits per heavy atom. The molecular weight excluding hydrogens is 312 g/mol. The van der Waals surface area contributed by atoms with E-state index >= 15 is 0 Å². The predicted molar refractivity (Wildman–Crippen MR) is 89.6 cm³/mol. The topological polar surface area (TPSA) is 118 Å². The van der Waals surface area contributed by atoms with Crippen LogP contribution < -0.4 is 0 Å². The SMILES string of the molecule is O=C(c1ccccc1)C1(O)CCCCC1.OCC(CO)(CO)CO. The van der Waals surface area contributed by atoms with Gasteiger partial charge in [0.05, 0.1) is 31.8 Å². The van der Waals surface area contributed by atoms with Gasteiger partial charge in [0.2, 0.25) is 0 Å². The van der Waals surface area contributed by atoms with Crippen molar-refractivity contribution in [1.82, 2.24) is 0 Å². The molecule has 0 unspecified atom stereocenters. The molecule has 6 heteroatoms. The maximum Gasteiger partial charge on any atom is 0.194 e. The number of Topliss-reactive ketones (excluding diaryl/α,β-unsaturated/α-hetero) is 1. The van der Waals surface area contributed by atoms with Crippen molar-refractivity contribution in [3.05, 3.63) is 35.9 Å². The molecular formula is C18H28O6. The summed E-state index contributed by atoms with van der Waals surface area (Å²) in [5, 5.41) is 44.2. The van der Waals surface area contributed by atoms with Gasteiger partial charge in [0.15, 0.2) is 5.78 Å². The third kappa shape index (κ3) is 5.36. The Labute approximate surface area is 142 Å². The summed E-state index contributed by atoms with van der Waals surface area (Å²) in [4.78, 5) is 12.1. The second-order valence-corrected chi connectivity index (χ2v) is 6.42. The molecule has 1 aliphatic carbocycles. The molecule has 2 rings (SSSR count). The van der Waals surface area contributed by atoms with Gasteiger partial charge in [-0.05, 0) is 12.8 Å². The average molecular weight is 340 g/mol. The molecule has 0 amide bonds. The van der Waals surface area contributed by atoms with Gasteiger partial charge in [0.1, 0.15) is 5.60 Å². The van der Waals surface area contributed by atoms with Crippen LogP contribution in [0.3, 0.4) is 0 Å². The Morgan fingerprint density at radius 2 is 1.33 bits per heavy atom. The molecule has 1 aliphatic rings. The first-order valence-corrected chi connectivity index (χ1v) is 8.22. The van der Waals surface area contributed by atoms with Crippen LogP contribution in [-0.2, 0) is 0 Å². The van der Waals surface area contributed by atoms with Gasteiger partial charge in [-0.3, -0.25) is 4.79 Å². The van der Waals surface area contributed by atoms with E-state index in [1.807, 2.05) is 18.2 Å². The molecule has 5 N–H and O–H groups in total. The van der Waals surface area contributed by atoms with Crippen molar-refractivity contribution in [2.75, 3.05) is 26.4 Å². The number of rotatable bonds is 6. The van der Waals surface area contributed by atoms with E-state index in [-0.39, 0.29) is 5.78 Å². The van der Waals surface area contributed by atoms with Crippen molar-refractivity contribution >= 4 is 5.78 Å². The van der Waals surface area contributed by atoms with Crippen LogP contribution in [0.2, 0.25) is 0 Å². The fourth-order valence-corrected chi connectivity index (χ4v) is 2.52. The third-order valence-electron chi connectivity index (χ3n) is 4.48. The molecule has 1 aromatic rings. The lowest BCUT2D eigenvalue weighted by atomic mass is 9.79. The minimum Gasteiger partial charge on any atom is -0.396 e. The number of benzene rings is 1. The number of aliphatic hydroxyl groups excluding tert-OH is 4. The first-order valence-electron chi connectivity index (χ1n) is 8.22. The molecule has 0 atom stereocenters. The van der Waals surface area contributed by atoms with Crippen LogP contribution in [0, 0.1) is 5.41 Å². The Morgan fingerprint density at radius 1 is 0.875 bits per heavy atom. The number of ketones is 1. The lowest BCUT2D eigenvalue weighted by Gasteiger charge is -2.30. The van der Waals surface area contributed by atoms with Gasteiger partial charge in [-0.1, -0.05) is 49.6 Å². The maximum atomic E-state index is 12.1. The summed E-state index contributed by atoms with van der Waals surface area (Å²) in [6.07, 6.45) is 4.26. The van der Waals surface area contributed by atoms with Crippen molar-refractivity contribution in [2.24, 2.45) is 5.41 Å². The summed E-state index contributed by atoms with van der Waals surface area (Å²) in [5.74, 6) is -0.109. The molecule has 1 aromatic carbocycles. The molecule has 0 spiro atoms. The summed E-state index contributed by atoms with van der Waals surface area (Å²) in [6, 6.07) is 9.09. The number of hydrogen-bond donors (Lipinski definition) is 5. The summed E-state index contributed by atoms with van der Waals surface area (Å²) in [5.41, 5.74) is -1.58. The lowest BCUT2D eigenvalue weighted by molar-refractivity contribution is -0.0328. The highest BCUT2D eigenvalue weighted by molar-refractivity contribution is 6.02. The van der Waals surface area contributed by atoms with Crippen LogP contribution in [0.4, 0.5) is 0 Å². The molecule has 1 fully saturated rings. The van der Waals surface area contributed by atoms with E-state index in [4.69, 9.17) is 20.4 Å². The van der Waals surface area contributed by atoms with E-state index in [2.05, 4.69) is 0 Å². The minimum atomic E-state index is -1.11. The van der Waals surface area contributed by atoms with Crippen molar-refractivity contribution in [3.8, 4) is 0 Å². The molecule has 0 saturated heterocycles. The Bertz CT molecular complexity index is 460. The van der Waals surface area contributed by atoms with Gasteiger partial charge >= 0.3 is 0 Å². The van der Waals surface area contributed by atoms with E-state index in [0.29, 0.717) is 18.4 Å². The molecule has 0 bridgehead atoms. The van der Waals surface area contributed by atoms with E-state index in [0.717, 1.165) is 19.3 Å². The van der Waals surface area contributed by atoms with Crippen molar-refractivity contribution in [1.29, 1.82) is 0 Å². The quantitative estimate of drug-likeness (QED) is 0.482. The van der Waals surface area contributed by atoms with E-state index in [1.54, 1.807) is 12.1 Å². The van der Waals surface area contributed by atoms with Gasteiger partial charge in [-0.2, -0.15) is 0 Å². The standard InChI is InChI=1S/C13H16O2.C5H12O4/c14-12(11-7-3-1-4-8-11)13(15)9-5-2-6-10-13;6-1-5(2-7,3-8)4-9/h1,3-4,7-8,15H,2,5-6,9-10H2;6-9H,1-4H2. The van der Waals surface area contributed by atoms with Gasteiger partial charge in [0.25, 0.3) is 0 Å². The molecule has 0 radical (unpaired) electrons. The van der Waals surface area contributed by atoms with Crippen molar-refractivity contribution in [3.63, 3.8) is 0 Å². The third-order valence-corrected chi connectivity index (χ3v) is 4.48. The first kappa shape index (κ1) is 20.7. The molecule has 136 valence electrons. The predicted octanol–water partition coefficient (Wildman–Crippen LogP) is 0.506. The minimum absolute atomic E-state index is 0.109. The first-order chi connectivity index (χ1) is 11.5. The van der Waals surface area contributed by atoms with Crippen molar-refractivity contribution in [2.45, 2.75) is 37.7 Å². The Hall–Kier alpha value is -1.31. The highest BCUT2D eigenvalue weighted by atomic mass is 16.3. The van der Waals surface area contributed by atoms with Crippen LogP contribution in [0.1, 0.15) is 42.5 Å². The van der Waals surface area contributed by atoms with Crippen LogP contribution >= 0.6 is 0 Å². The zero-order chi connectivity index (χ0) is 18.1. The number of carbonyl (C=O) groups is 1. The molecule has 0 aliphatic heterocycles. The molecule has 0 heterocycles. The molecule has 1 saturated carbocycles. The number of carbonyl (C=O) groups excluding carboxylic acids is 1. The summed E-state index contributed by atoms with van der Waals surface area (Å²) in [7, 11) is 0. The monoisotopic (exact) mass is 340 g/mol. The van der Waals surface area contributed by atoms with Gasteiger partial charge in [-0.25, -0.2) is 0 Å². The van der Waals surface area contributed by atoms with Crippen LogP contribution in [0.5, 0.6) is 0 Å². The van der Waals surface area contributed by atoms with E-state index in [1.165, 1.54) is 0 Å². The Balaban J connectivity index is 0.000000277. The fraction of sp³-hybridized carbons (Fsp3) is 0.611. The molecule has 6 nitrogen and oxygen atoms in total. The highest BCUT2D eigenvalue weighted by Gasteiger charge is 2.37. The zero-order valence-electron chi connectivity index (χ0n) is 13.9. The average Bonchev–Trinajstić information content (AvgIpc) is 2.65. The second kappa shape index (κ2) is 9.86. The largest absolute Gasteiger partial charge is 0.396 e. The van der Waals surface area contributed by atoms with Crippen LogP contribution in [0.25, 0.3) is 0 Å². The van der Waals surface area contributed by atoms with Gasteiger partial charge in [0, 0.05) is 5.56 Å². The summed E-state index contributed by atoms with van der Waals surface area (Å²) < 4.78 is 0. The maximum absolute atomic E-state index is 12.1. The van der Waals surface area contributed by atoms with Crippen LogP contribution in [0.15, 0.2) is 30.3 Å². The fourth-order valence-electron chi connectivity index (χ4n) is 2.52. The van der Waals surface area contributed by atoms with Gasteiger partial charge < -0.3 is 25.5 Å². The summed E-state index contributed by atoms with van der Waals surface area (Å²) in [6.45, 7) is -1.62. The summed E-state index contributed by atoms with van der Waals surface area (Å²) >= 11 is 0. The zero-order valence-corrected chi connectivity index (χ0v) is 13.9. The molecule has 24 heavy (non-hydrogen) atoms. The van der Waals surface area contributed by atoms with E-state index < -0.39 is 37.4 Å². The molecule has 0 aromatic heterocycles. The number of aliphatic hydroxyl groups is 5. The van der Waals surface area contributed by atoms with Gasteiger partial charge in [-0.15, -0.1) is 0 Å². The van der Waals surface area contributed by atoms with Crippen molar-refractivity contribution < 1.29 is 30.3 Å².